The van der Waals surface area contributed by atoms with Gasteiger partial charge in [0.15, 0.2) is 0 Å². The molecule has 3 rings (SSSR count). The molecule has 0 saturated heterocycles. The first-order chi connectivity index (χ1) is 10.6. The van der Waals surface area contributed by atoms with Gasteiger partial charge in [-0.3, -0.25) is 4.79 Å². The van der Waals surface area contributed by atoms with E-state index in [2.05, 4.69) is 0 Å². The van der Waals surface area contributed by atoms with E-state index in [0.29, 0.717) is 22.6 Å². The van der Waals surface area contributed by atoms with Crippen LogP contribution in [0.3, 0.4) is 0 Å². The van der Waals surface area contributed by atoms with Crippen LogP contribution in [0.2, 0.25) is 0 Å². The number of fused-ring (bicyclic) bond motifs is 1. The number of allylic oxidation sites excluding steroid dienone is 1. The van der Waals surface area contributed by atoms with Crippen molar-refractivity contribution in [1.29, 1.82) is 0 Å². The minimum atomic E-state index is -0.914. The highest BCUT2D eigenvalue weighted by atomic mass is 32.2. The molecule has 0 spiro atoms. The van der Waals surface area contributed by atoms with E-state index in [1.165, 1.54) is 4.57 Å². The Morgan fingerprint density at radius 1 is 1.23 bits per heavy atom. The summed E-state index contributed by atoms with van der Waals surface area (Å²) < 4.78 is 1.38. The minimum Gasteiger partial charge on any atom is -0.494 e. The Kier molecular flexibility index (Phi) is 3.85. The van der Waals surface area contributed by atoms with Crippen molar-refractivity contribution < 1.29 is 20.1 Å². The molecule has 0 fully saturated rings. The van der Waals surface area contributed by atoms with Gasteiger partial charge in [-0.25, -0.2) is 4.57 Å². The number of hydrogen-bond donors (Lipinski definition) is 3. The fourth-order valence-corrected chi connectivity index (χ4v) is 3.35. The zero-order valence-electron chi connectivity index (χ0n) is 11.7. The SMILES string of the molecule is O=C(O)CSc1ccccc1-n1c(O)c2c(c1O)CCC=C2. The third kappa shape index (κ3) is 2.46. The van der Waals surface area contributed by atoms with Crippen molar-refractivity contribution in [2.45, 2.75) is 17.7 Å². The number of carboxylic acid groups (broad SMARTS) is 1. The van der Waals surface area contributed by atoms with Gasteiger partial charge in [-0.2, -0.15) is 0 Å². The Labute approximate surface area is 131 Å². The molecule has 1 aromatic heterocycles. The predicted molar refractivity (Wildman–Crippen MR) is 84.8 cm³/mol. The number of rotatable bonds is 4. The lowest BCUT2D eigenvalue weighted by molar-refractivity contribution is -0.133. The number of para-hydroxylation sites is 1. The molecule has 1 aromatic carbocycles. The van der Waals surface area contributed by atoms with Crippen molar-refractivity contribution in [2.75, 3.05) is 5.75 Å². The highest BCUT2D eigenvalue weighted by Crippen LogP contribution is 2.42. The normalized spacial score (nSPS) is 13.1. The average molecular weight is 317 g/mol. The predicted octanol–water partition coefficient (Wildman–Crippen LogP) is 3.02. The monoisotopic (exact) mass is 317 g/mol. The lowest BCUT2D eigenvalue weighted by Crippen LogP contribution is -2.00. The summed E-state index contributed by atoms with van der Waals surface area (Å²) in [6, 6.07) is 7.11. The first-order valence-corrected chi connectivity index (χ1v) is 7.84. The van der Waals surface area contributed by atoms with Crippen molar-refractivity contribution in [1.82, 2.24) is 4.57 Å². The molecular formula is C16H15NO4S. The molecule has 0 amide bonds. The van der Waals surface area contributed by atoms with E-state index in [9.17, 15) is 15.0 Å². The number of aromatic nitrogens is 1. The Bertz CT molecular complexity index is 764. The molecule has 6 heteroatoms. The van der Waals surface area contributed by atoms with E-state index in [1.54, 1.807) is 30.3 Å². The summed E-state index contributed by atoms with van der Waals surface area (Å²) in [5.74, 6) is -1.01. The molecule has 0 bridgehead atoms. The topological polar surface area (TPSA) is 82.7 Å². The quantitative estimate of drug-likeness (QED) is 0.755. The maximum Gasteiger partial charge on any atom is 0.313 e. The van der Waals surface area contributed by atoms with Crippen LogP contribution in [0, 0.1) is 0 Å². The summed E-state index contributed by atoms with van der Waals surface area (Å²) >= 11 is 1.15. The van der Waals surface area contributed by atoms with Crippen LogP contribution in [-0.4, -0.2) is 31.6 Å². The maximum atomic E-state index is 10.8. The molecule has 114 valence electrons. The zero-order valence-corrected chi connectivity index (χ0v) is 12.5. The summed E-state index contributed by atoms with van der Waals surface area (Å²) in [6.45, 7) is 0. The van der Waals surface area contributed by atoms with Gasteiger partial charge in [0.1, 0.15) is 0 Å². The van der Waals surface area contributed by atoms with Gasteiger partial charge in [0.05, 0.1) is 11.4 Å². The number of carbonyl (C=O) groups is 1. The molecule has 1 heterocycles. The van der Waals surface area contributed by atoms with Gasteiger partial charge in [-0.1, -0.05) is 24.3 Å². The lowest BCUT2D eigenvalue weighted by Gasteiger charge is -2.12. The van der Waals surface area contributed by atoms with Crippen LogP contribution >= 0.6 is 11.8 Å². The summed E-state index contributed by atoms with van der Waals surface area (Å²) in [4.78, 5) is 11.5. The van der Waals surface area contributed by atoms with Crippen molar-refractivity contribution in [3.8, 4) is 17.4 Å². The fourth-order valence-electron chi connectivity index (χ4n) is 2.59. The summed E-state index contributed by atoms with van der Waals surface area (Å²) in [5.41, 5.74) is 1.92. The summed E-state index contributed by atoms with van der Waals surface area (Å²) in [7, 11) is 0. The van der Waals surface area contributed by atoms with E-state index in [-0.39, 0.29) is 17.5 Å². The van der Waals surface area contributed by atoms with Gasteiger partial charge in [0.2, 0.25) is 11.8 Å². The van der Waals surface area contributed by atoms with Crippen LogP contribution in [0.15, 0.2) is 35.2 Å². The van der Waals surface area contributed by atoms with Crippen molar-refractivity contribution >= 4 is 23.8 Å². The average Bonchev–Trinajstić information content (AvgIpc) is 2.78. The van der Waals surface area contributed by atoms with Crippen LogP contribution < -0.4 is 0 Å². The van der Waals surface area contributed by atoms with Gasteiger partial charge >= 0.3 is 5.97 Å². The molecule has 0 atom stereocenters. The third-order valence-electron chi connectivity index (χ3n) is 3.56. The molecule has 0 aliphatic heterocycles. The second-order valence-corrected chi connectivity index (χ2v) is 5.98. The molecule has 5 nitrogen and oxygen atoms in total. The van der Waals surface area contributed by atoms with E-state index in [1.807, 2.05) is 6.08 Å². The molecule has 1 aliphatic carbocycles. The summed E-state index contributed by atoms with van der Waals surface area (Å²) in [5, 5.41) is 29.7. The van der Waals surface area contributed by atoms with Crippen LogP contribution in [0.1, 0.15) is 17.5 Å². The molecule has 0 unspecified atom stereocenters. The molecule has 1 aliphatic rings. The van der Waals surface area contributed by atoms with Gasteiger partial charge in [0.25, 0.3) is 0 Å². The smallest absolute Gasteiger partial charge is 0.313 e. The van der Waals surface area contributed by atoms with Crippen LogP contribution in [-0.2, 0) is 11.2 Å². The van der Waals surface area contributed by atoms with E-state index >= 15 is 0 Å². The number of hydrogen-bond acceptors (Lipinski definition) is 4. The number of carboxylic acids is 1. The van der Waals surface area contributed by atoms with Crippen LogP contribution in [0.4, 0.5) is 0 Å². The zero-order chi connectivity index (χ0) is 15.7. The van der Waals surface area contributed by atoms with Crippen molar-refractivity contribution in [3.63, 3.8) is 0 Å². The first-order valence-electron chi connectivity index (χ1n) is 6.85. The third-order valence-corrected chi connectivity index (χ3v) is 4.61. The van der Waals surface area contributed by atoms with Gasteiger partial charge in [0, 0.05) is 16.0 Å². The fraction of sp³-hybridized carbons (Fsp3) is 0.188. The van der Waals surface area contributed by atoms with Crippen LogP contribution in [0.5, 0.6) is 11.8 Å². The number of thioether (sulfide) groups is 1. The molecular weight excluding hydrogens is 302 g/mol. The molecule has 22 heavy (non-hydrogen) atoms. The highest BCUT2D eigenvalue weighted by molar-refractivity contribution is 8.00. The Balaban J connectivity index is 2.11. The standard InChI is InChI=1S/C16H15NO4S/c18-14(19)9-22-13-8-4-3-7-12(13)17-15(20)10-5-1-2-6-11(10)16(17)21/h1,3-5,7-8,20-21H,2,6,9H2,(H,18,19). The van der Waals surface area contributed by atoms with Crippen LogP contribution in [0.25, 0.3) is 11.8 Å². The van der Waals surface area contributed by atoms with E-state index in [4.69, 9.17) is 5.11 Å². The second-order valence-electron chi connectivity index (χ2n) is 4.97. The maximum absolute atomic E-state index is 10.8. The first kappa shape index (κ1) is 14.6. The molecule has 0 saturated carbocycles. The summed E-state index contributed by atoms with van der Waals surface area (Å²) in [6.07, 6.45) is 5.25. The molecule has 0 radical (unpaired) electrons. The van der Waals surface area contributed by atoms with E-state index in [0.717, 1.165) is 23.7 Å². The Hall–Kier alpha value is -2.34. The number of aromatic hydroxyl groups is 2. The number of nitrogens with zero attached hydrogens (tertiary/aromatic N) is 1. The minimum absolute atomic E-state index is 0.0141. The van der Waals surface area contributed by atoms with E-state index < -0.39 is 5.97 Å². The van der Waals surface area contributed by atoms with Gasteiger partial charge in [-0.15, -0.1) is 11.8 Å². The second kappa shape index (κ2) is 5.81. The van der Waals surface area contributed by atoms with Crippen molar-refractivity contribution in [3.05, 3.63) is 41.5 Å². The molecule has 2 aromatic rings. The molecule has 3 N–H and O–H groups in total. The lowest BCUT2D eigenvalue weighted by atomic mass is 10.0. The Morgan fingerprint density at radius 3 is 2.73 bits per heavy atom. The Morgan fingerprint density at radius 2 is 2.00 bits per heavy atom. The number of benzene rings is 1. The largest absolute Gasteiger partial charge is 0.494 e. The van der Waals surface area contributed by atoms with Gasteiger partial charge in [-0.05, 0) is 25.0 Å². The van der Waals surface area contributed by atoms with Gasteiger partial charge < -0.3 is 15.3 Å². The van der Waals surface area contributed by atoms with Crippen molar-refractivity contribution in [2.24, 2.45) is 0 Å². The highest BCUT2D eigenvalue weighted by Gasteiger charge is 2.24. The number of aliphatic carboxylic acids is 1.